The number of hydrogen-bond acceptors (Lipinski definition) is 4. The third kappa shape index (κ3) is 5.64. The van der Waals surface area contributed by atoms with Gasteiger partial charge in [0.25, 0.3) is 0 Å². The highest BCUT2D eigenvalue weighted by Gasteiger charge is 2.14. The van der Waals surface area contributed by atoms with Crippen LogP contribution in [0.2, 0.25) is 0 Å². The third-order valence-corrected chi connectivity index (χ3v) is 2.94. The third-order valence-electron chi connectivity index (χ3n) is 2.45. The standard InChI is InChI=1S/C12H15BrFN3O3/c13-9-1-2-10(14)8(5-9)6-17(3-4-18)7-11(19)16-12(15)20/h1-2,5,18H,3-4,6-7H2,(H3,15,16,19,20). The first kappa shape index (κ1) is 16.5. The molecule has 110 valence electrons. The minimum Gasteiger partial charge on any atom is -0.395 e. The number of benzene rings is 1. The molecule has 0 atom stereocenters. The van der Waals surface area contributed by atoms with Crippen LogP contribution in [-0.4, -0.2) is 41.6 Å². The largest absolute Gasteiger partial charge is 0.395 e. The average Bonchev–Trinajstić information content (AvgIpc) is 2.33. The number of amides is 3. The van der Waals surface area contributed by atoms with Crippen molar-refractivity contribution in [1.29, 1.82) is 0 Å². The molecule has 1 aromatic carbocycles. The molecule has 1 rings (SSSR count). The van der Waals surface area contributed by atoms with Gasteiger partial charge in [0.2, 0.25) is 5.91 Å². The van der Waals surface area contributed by atoms with E-state index in [2.05, 4.69) is 15.9 Å². The van der Waals surface area contributed by atoms with Gasteiger partial charge >= 0.3 is 6.03 Å². The van der Waals surface area contributed by atoms with Gasteiger partial charge < -0.3 is 10.8 Å². The van der Waals surface area contributed by atoms with Crippen molar-refractivity contribution in [2.75, 3.05) is 19.7 Å². The topological polar surface area (TPSA) is 95.7 Å². The zero-order chi connectivity index (χ0) is 15.1. The molecule has 6 nitrogen and oxygen atoms in total. The number of aliphatic hydroxyl groups is 1. The number of nitrogens with one attached hydrogen (secondary N) is 1. The monoisotopic (exact) mass is 347 g/mol. The summed E-state index contributed by atoms with van der Waals surface area (Å²) in [7, 11) is 0. The molecule has 0 aliphatic heterocycles. The van der Waals surface area contributed by atoms with Gasteiger partial charge in [0.15, 0.2) is 0 Å². The van der Waals surface area contributed by atoms with Crippen molar-refractivity contribution < 1.29 is 19.1 Å². The highest BCUT2D eigenvalue weighted by atomic mass is 79.9. The SMILES string of the molecule is NC(=O)NC(=O)CN(CCO)Cc1cc(Br)ccc1F. The van der Waals surface area contributed by atoms with E-state index in [1.165, 1.54) is 11.0 Å². The van der Waals surface area contributed by atoms with Crippen molar-refractivity contribution in [2.24, 2.45) is 5.73 Å². The Kier molecular flexibility index (Phi) is 6.56. The maximum Gasteiger partial charge on any atom is 0.318 e. The van der Waals surface area contributed by atoms with Gasteiger partial charge in [0, 0.05) is 23.1 Å². The summed E-state index contributed by atoms with van der Waals surface area (Å²) in [6.07, 6.45) is 0. The van der Waals surface area contributed by atoms with Gasteiger partial charge in [0.1, 0.15) is 5.82 Å². The number of carbonyl (C=O) groups excluding carboxylic acids is 2. The lowest BCUT2D eigenvalue weighted by Gasteiger charge is -2.20. The van der Waals surface area contributed by atoms with Crippen molar-refractivity contribution in [3.8, 4) is 0 Å². The Bertz CT molecular complexity index is 499. The Morgan fingerprint density at radius 2 is 2.15 bits per heavy atom. The van der Waals surface area contributed by atoms with Crippen LogP contribution in [0.3, 0.4) is 0 Å². The molecule has 0 bridgehead atoms. The number of urea groups is 1. The van der Waals surface area contributed by atoms with Crippen molar-refractivity contribution in [3.63, 3.8) is 0 Å². The number of carbonyl (C=O) groups is 2. The number of imide groups is 1. The fourth-order valence-corrected chi connectivity index (χ4v) is 2.05. The van der Waals surface area contributed by atoms with Crippen LogP contribution in [-0.2, 0) is 11.3 Å². The fourth-order valence-electron chi connectivity index (χ4n) is 1.64. The maximum absolute atomic E-state index is 13.6. The van der Waals surface area contributed by atoms with Gasteiger partial charge in [-0.2, -0.15) is 0 Å². The summed E-state index contributed by atoms with van der Waals surface area (Å²) in [4.78, 5) is 23.5. The summed E-state index contributed by atoms with van der Waals surface area (Å²) in [5.41, 5.74) is 5.21. The van der Waals surface area contributed by atoms with E-state index >= 15 is 0 Å². The zero-order valence-corrected chi connectivity index (χ0v) is 12.2. The summed E-state index contributed by atoms with van der Waals surface area (Å²) in [5.74, 6) is -1.02. The molecule has 0 unspecified atom stereocenters. The molecule has 1 aromatic rings. The average molecular weight is 348 g/mol. The Hall–Kier alpha value is -1.51. The predicted octanol–water partition coefficient (Wildman–Crippen LogP) is 0.577. The first-order valence-electron chi connectivity index (χ1n) is 5.78. The van der Waals surface area contributed by atoms with Gasteiger partial charge in [-0.05, 0) is 18.2 Å². The molecule has 0 fully saturated rings. The van der Waals surface area contributed by atoms with Gasteiger partial charge in [0.05, 0.1) is 13.2 Å². The van der Waals surface area contributed by atoms with Crippen molar-refractivity contribution in [2.45, 2.75) is 6.54 Å². The van der Waals surface area contributed by atoms with E-state index in [-0.39, 0.29) is 26.2 Å². The lowest BCUT2D eigenvalue weighted by atomic mass is 10.2. The molecular weight excluding hydrogens is 333 g/mol. The quantitative estimate of drug-likeness (QED) is 0.701. The van der Waals surface area contributed by atoms with E-state index in [1.807, 2.05) is 5.32 Å². The van der Waals surface area contributed by atoms with Crippen LogP contribution in [0.25, 0.3) is 0 Å². The number of hydrogen-bond donors (Lipinski definition) is 3. The molecule has 0 aliphatic carbocycles. The first-order chi connectivity index (χ1) is 9.42. The van der Waals surface area contributed by atoms with Gasteiger partial charge in [-0.1, -0.05) is 15.9 Å². The van der Waals surface area contributed by atoms with Crippen LogP contribution >= 0.6 is 15.9 Å². The molecule has 0 radical (unpaired) electrons. The van der Waals surface area contributed by atoms with Crippen LogP contribution < -0.4 is 11.1 Å². The molecule has 20 heavy (non-hydrogen) atoms. The second kappa shape index (κ2) is 7.93. The highest BCUT2D eigenvalue weighted by Crippen LogP contribution is 2.17. The van der Waals surface area contributed by atoms with E-state index in [0.717, 1.165) is 0 Å². The van der Waals surface area contributed by atoms with Crippen LogP contribution in [0.4, 0.5) is 9.18 Å². The molecule has 0 spiro atoms. The lowest BCUT2D eigenvalue weighted by Crippen LogP contribution is -2.42. The lowest BCUT2D eigenvalue weighted by molar-refractivity contribution is -0.121. The Morgan fingerprint density at radius 1 is 1.45 bits per heavy atom. The van der Waals surface area contributed by atoms with Crippen LogP contribution in [0.1, 0.15) is 5.56 Å². The van der Waals surface area contributed by atoms with E-state index < -0.39 is 17.8 Å². The number of nitrogens with zero attached hydrogens (tertiary/aromatic N) is 1. The summed E-state index contributed by atoms with van der Waals surface area (Å²) < 4.78 is 14.3. The molecule has 0 saturated heterocycles. The van der Waals surface area contributed by atoms with Gasteiger partial charge in [-0.15, -0.1) is 0 Å². The van der Waals surface area contributed by atoms with E-state index in [0.29, 0.717) is 10.0 Å². The number of primary amides is 1. The Balaban J connectivity index is 2.73. The minimum atomic E-state index is -0.951. The summed E-state index contributed by atoms with van der Waals surface area (Å²) in [5, 5.41) is 10.9. The zero-order valence-electron chi connectivity index (χ0n) is 10.6. The summed E-state index contributed by atoms with van der Waals surface area (Å²) >= 11 is 3.23. The van der Waals surface area contributed by atoms with Gasteiger partial charge in [-0.25, -0.2) is 9.18 Å². The number of nitrogens with two attached hydrogens (primary N) is 1. The number of aliphatic hydroxyl groups excluding tert-OH is 1. The molecule has 8 heteroatoms. The minimum absolute atomic E-state index is 0.123. The van der Waals surface area contributed by atoms with Gasteiger partial charge in [-0.3, -0.25) is 15.0 Å². The number of rotatable bonds is 6. The van der Waals surface area contributed by atoms with Crippen molar-refractivity contribution >= 4 is 27.9 Å². The molecule has 0 saturated carbocycles. The molecular formula is C12H15BrFN3O3. The highest BCUT2D eigenvalue weighted by molar-refractivity contribution is 9.10. The van der Waals surface area contributed by atoms with Crippen LogP contribution in [0.15, 0.2) is 22.7 Å². The first-order valence-corrected chi connectivity index (χ1v) is 6.58. The molecule has 0 aliphatic rings. The Morgan fingerprint density at radius 3 is 2.75 bits per heavy atom. The Labute approximate surface area is 123 Å². The normalized spacial score (nSPS) is 10.6. The number of halogens is 2. The predicted molar refractivity (Wildman–Crippen MR) is 74.2 cm³/mol. The smallest absolute Gasteiger partial charge is 0.318 e. The maximum atomic E-state index is 13.6. The summed E-state index contributed by atoms with van der Waals surface area (Å²) in [6.45, 7) is -0.0783. The molecule has 4 N–H and O–H groups in total. The molecule has 0 aromatic heterocycles. The van der Waals surface area contributed by atoms with Crippen LogP contribution in [0.5, 0.6) is 0 Å². The van der Waals surface area contributed by atoms with Crippen molar-refractivity contribution in [1.82, 2.24) is 10.2 Å². The van der Waals surface area contributed by atoms with Crippen molar-refractivity contribution in [3.05, 3.63) is 34.1 Å². The summed E-state index contributed by atoms with van der Waals surface area (Å²) in [6, 6.07) is 3.51. The van der Waals surface area contributed by atoms with Crippen LogP contribution in [0, 0.1) is 5.82 Å². The van der Waals surface area contributed by atoms with E-state index in [4.69, 9.17) is 10.8 Å². The molecule has 0 heterocycles. The van der Waals surface area contributed by atoms with E-state index in [9.17, 15) is 14.0 Å². The second-order valence-corrected chi connectivity index (χ2v) is 5.00. The molecule has 3 amide bonds. The van der Waals surface area contributed by atoms with E-state index in [1.54, 1.807) is 12.1 Å². The fraction of sp³-hybridized carbons (Fsp3) is 0.333. The second-order valence-electron chi connectivity index (χ2n) is 4.08.